The number of carbonyl (C=O) groups excluding carboxylic acids is 3. The number of hydrogen-bond donors (Lipinski definition) is 0. The molecule has 0 saturated carbocycles. The van der Waals surface area contributed by atoms with E-state index in [2.05, 4.69) is 0 Å². The lowest BCUT2D eigenvalue weighted by atomic mass is 9.72. The SMILES string of the molecule is CC(=O)C(=O)N1CCC2(CCC(=O)N(Cc3ccccc3)C2)CC1. The van der Waals surface area contributed by atoms with Gasteiger partial charge in [-0.1, -0.05) is 30.3 Å². The standard InChI is InChI=1S/C19H24N2O3/c1-15(22)18(24)20-11-9-19(10-12-20)8-7-17(23)21(14-19)13-16-5-3-2-4-6-16/h2-6H,7-14H2,1H3. The highest BCUT2D eigenvalue weighted by molar-refractivity contribution is 6.35. The lowest BCUT2D eigenvalue weighted by Gasteiger charge is -2.47. The topological polar surface area (TPSA) is 57.7 Å². The number of Topliss-reactive ketones (excluding diaryl/α,β-unsaturated/α-hetero) is 1. The van der Waals surface area contributed by atoms with Crippen LogP contribution in [-0.2, 0) is 20.9 Å². The first-order valence-electron chi connectivity index (χ1n) is 8.61. The Labute approximate surface area is 142 Å². The van der Waals surface area contributed by atoms with E-state index in [0.29, 0.717) is 26.1 Å². The summed E-state index contributed by atoms with van der Waals surface area (Å²) in [6.07, 6.45) is 3.20. The Morgan fingerprint density at radius 3 is 2.38 bits per heavy atom. The molecule has 2 amide bonds. The van der Waals surface area contributed by atoms with Crippen molar-refractivity contribution in [2.24, 2.45) is 5.41 Å². The van der Waals surface area contributed by atoms with Crippen LogP contribution in [0.1, 0.15) is 38.2 Å². The molecule has 0 bridgehead atoms. The molecule has 2 fully saturated rings. The van der Waals surface area contributed by atoms with Crippen LogP contribution in [0.2, 0.25) is 0 Å². The van der Waals surface area contributed by atoms with E-state index in [-0.39, 0.29) is 17.2 Å². The first-order chi connectivity index (χ1) is 11.5. The summed E-state index contributed by atoms with van der Waals surface area (Å²) in [5.74, 6) is -0.555. The molecular weight excluding hydrogens is 304 g/mol. The van der Waals surface area contributed by atoms with Crippen LogP contribution in [0.4, 0.5) is 0 Å². The predicted molar refractivity (Wildman–Crippen MR) is 90.0 cm³/mol. The molecule has 5 heteroatoms. The fraction of sp³-hybridized carbons (Fsp3) is 0.526. The molecule has 0 aliphatic carbocycles. The molecule has 0 atom stereocenters. The van der Waals surface area contributed by atoms with Crippen LogP contribution in [0, 0.1) is 5.41 Å². The monoisotopic (exact) mass is 328 g/mol. The molecule has 1 spiro atoms. The zero-order valence-electron chi connectivity index (χ0n) is 14.2. The van der Waals surface area contributed by atoms with Crippen molar-refractivity contribution >= 4 is 17.6 Å². The first kappa shape index (κ1) is 16.7. The second-order valence-electron chi connectivity index (χ2n) is 7.08. The average molecular weight is 328 g/mol. The van der Waals surface area contributed by atoms with Gasteiger partial charge in [-0.25, -0.2) is 0 Å². The average Bonchev–Trinajstić information content (AvgIpc) is 2.59. The third-order valence-corrected chi connectivity index (χ3v) is 5.38. The van der Waals surface area contributed by atoms with E-state index in [1.165, 1.54) is 6.92 Å². The zero-order chi connectivity index (χ0) is 17.2. The van der Waals surface area contributed by atoms with Crippen LogP contribution in [-0.4, -0.2) is 47.0 Å². The summed E-state index contributed by atoms with van der Waals surface area (Å²) in [5, 5.41) is 0. The van der Waals surface area contributed by atoms with Crippen LogP contribution in [0.3, 0.4) is 0 Å². The van der Waals surface area contributed by atoms with Crippen LogP contribution >= 0.6 is 0 Å². The number of likely N-dealkylation sites (tertiary alicyclic amines) is 2. The first-order valence-corrected chi connectivity index (χ1v) is 8.61. The number of ketones is 1. The lowest BCUT2D eigenvalue weighted by Crippen LogP contribution is -2.52. The second kappa shape index (κ2) is 6.75. The van der Waals surface area contributed by atoms with E-state index in [1.807, 2.05) is 35.2 Å². The molecule has 24 heavy (non-hydrogen) atoms. The third-order valence-electron chi connectivity index (χ3n) is 5.38. The van der Waals surface area contributed by atoms with Gasteiger partial charge in [-0.05, 0) is 30.2 Å². The third kappa shape index (κ3) is 3.50. The quantitative estimate of drug-likeness (QED) is 0.798. The molecule has 2 saturated heterocycles. The van der Waals surface area contributed by atoms with Gasteiger partial charge >= 0.3 is 0 Å². The van der Waals surface area contributed by atoms with Gasteiger partial charge in [0.05, 0.1) is 0 Å². The molecule has 2 aliphatic heterocycles. The Kier molecular flexibility index (Phi) is 4.69. The summed E-state index contributed by atoms with van der Waals surface area (Å²) >= 11 is 0. The molecule has 0 unspecified atom stereocenters. The van der Waals surface area contributed by atoms with E-state index in [4.69, 9.17) is 0 Å². The van der Waals surface area contributed by atoms with Gasteiger partial charge in [0.1, 0.15) is 0 Å². The number of carbonyl (C=O) groups is 3. The van der Waals surface area contributed by atoms with E-state index in [0.717, 1.165) is 31.4 Å². The molecule has 0 aromatic heterocycles. The molecule has 0 radical (unpaired) electrons. The van der Waals surface area contributed by atoms with E-state index < -0.39 is 5.78 Å². The maximum atomic E-state index is 12.3. The fourth-order valence-corrected chi connectivity index (χ4v) is 3.87. The minimum atomic E-state index is -0.393. The number of piperidine rings is 2. The van der Waals surface area contributed by atoms with Gasteiger partial charge in [-0.3, -0.25) is 14.4 Å². The van der Waals surface area contributed by atoms with E-state index >= 15 is 0 Å². The van der Waals surface area contributed by atoms with E-state index in [1.54, 1.807) is 4.90 Å². The van der Waals surface area contributed by atoms with Crippen LogP contribution in [0.15, 0.2) is 30.3 Å². The maximum Gasteiger partial charge on any atom is 0.289 e. The smallest absolute Gasteiger partial charge is 0.289 e. The molecule has 2 heterocycles. The van der Waals surface area contributed by atoms with Crippen molar-refractivity contribution in [2.75, 3.05) is 19.6 Å². The van der Waals surface area contributed by atoms with Crippen molar-refractivity contribution in [1.82, 2.24) is 9.80 Å². The predicted octanol–water partition coefficient (Wildman–Crippen LogP) is 2.01. The summed E-state index contributed by atoms with van der Waals surface area (Å²) < 4.78 is 0. The number of rotatable bonds is 3. The minimum Gasteiger partial charge on any atom is -0.338 e. The van der Waals surface area contributed by atoms with Crippen molar-refractivity contribution in [1.29, 1.82) is 0 Å². The number of benzene rings is 1. The van der Waals surface area contributed by atoms with Crippen LogP contribution < -0.4 is 0 Å². The van der Waals surface area contributed by atoms with Gasteiger partial charge in [-0.2, -0.15) is 0 Å². The normalized spacial score (nSPS) is 20.3. The zero-order valence-corrected chi connectivity index (χ0v) is 14.2. The summed E-state index contributed by atoms with van der Waals surface area (Å²) in [6.45, 7) is 3.96. The molecule has 1 aromatic carbocycles. The van der Waals surface area contributed by atoms with Crippen LogP contribution in [0.25, 0.3) is 0 Å². The summed E-state index contributed by atoms with van der Waals surface area (Å²) in [5.41, 5.74) is 1.24. The van der Waals surface area contributed by atoms with Crippen molar-refractivity contribution in [3.63, 3.8) is 0 Å². The second-order valence-corrected chi connectivity index (χ2v) is 7.08. The molecule has 2 aliphatic rings. The molecule has 0 N–H and O–H groups in total. The Bertz CT molecular complexity index is 633. The Morgan fingerprint density at radius 2 is 1.75 bits per heavy atom. The Hall–Kier alpha value is -2.17. The Balaban J connectivity index is 1.64. The highest BCUT2D eigenvalue weighted by atomic mass is 16.2. The van der Waals surface area contributed by atoms with Crippen molar-refractivity contribution < 1.29 is 14.4 Å². The molecule has 128 valence electrons. The van der Waals surface area contributed by atoms with Gasteiger partial charge in [0, 0.05) is 39.5 Å². The van der Waals surface area contributed by atoms with Gasteiger partial charge in [-0.15, -0.1) is 0 Å². The fourth-order valence-electron chi connectivity index (χ4n) is 3.87. The highest BCUT2D eigenvalue weighted by Gasteiger charge is 2.41. The Morgan fingerprint density at radius 1 is 1.08 bits per heavy atom. The van der Waals surface area contributed by atoms with Gasteiger partial charge in [0.25, 0.3) is 5.91 Å². The lowest BCUT2D eigenvalue weighted by molar-refractivity contribution is -0.147. The number of nitrogens with zero attached hydrogens (tertiary/aromatic N) is 2. The maximum absolute atomic E-state index is 12.3. The molecular formula is C19H24N2O3. The number of hydrogen-bond acceptors (Lipinski definition) is 3. The molecule has 5 nitrogen and oxygen atoms in total. The van der Waals surface area contributed by atoms with Gasteiger partial charge < -0.3 is 9.80 Å². The summed E-state index contributed by atoms with van der Waals surface area (Å²) in [7, 11) is 0. The van der Waals surface area contributed by atoms with Crippen molar-refractivity contribution in [2.45, 2.75) is 39.2 Å². The molecule has 3 rings (SSSR count). The summed E-state index contributed by atoms with van der Waals surface area (Å²) in [6, 6.07) is 10.0. The minimum absolute atomic E-state index is 0.0935. The largest absolute Gasteiger partial charge is 0.338 e. The van der Waals surface area contributed by atoms with Crippen molar-refractivity contribution in [3.8, 4) is 0 Å². The highest BCUT2D eigenvalue weighted by Crippen LogP contribution is 2.40. The number of amides is 2. The van der Waals surface area contributed by atoms with E-state index in [9.17, 15) is 14.4 Å². The molecule has 1 aromatic rings. The van der Waals surface area contributed by atoms with Crippen LogP contribution in [0.5, 0.6) is 0 Å². The van der Waals surface area contributed by atoms with Crippen molar-refractivity contribution in [3.05, 3.63) is 35.9 Å². The van der Waals surface area contributed by atoms with Gasteiger partial charge in [0.2, 0.25) is 11.7 Å². The van der Waals surface area contributed by atoms with Gasteiger partial charge in [0.15, 0.2) is 0 Å². The summed E-state index contributed by atoms with van der Waals surface area (Å²) in [4.78, 5) is 39.0.